The first-order valence-corrected chi connectivity index (χ1v) is 12.5. The van der Waals surface area contributed by atoms with Crippen LogP contribution in [0.3, 0.4) is 0 Å². The molecule has 0 radical (unpaired) electrons. The molecule has 1 amide bonds. The maximum absolute atomic E-state index is 11.7. The maximum atomic E-state index is 11.7. The Morgan fingerprint density at radius 2 is 1.76 bits per heavy atom. The van der Waals surface area contributed by atoms with Crippen LogP contribution in [0.4, 0.5) is 17.3 Å². The molecule has 0 bridgehead atoms. The van der Waals surface area contributed by atoms with E-state index in [-0.39, 0.29) is 6.42 Å². The van der Waals surface area contributed by atoms with Gasteiger partial charge >= 0.3 is 0 Å². The van der Waals surface area contributed by atoms with Crippen LogP contribution in [-0.2, 0) is 11.8 Å². The fourth-order valence-electron chi connectivity index (χ4n) is 4.00. The number of nitrogens with two attached hydrogens (primary N) is 1. The second-order valence-corrected chi connectivity index (χ2v) is 9.44. The van der Waals surface area contributed by atoms with E-state index >= 15 is 0 Å². The van der Waals surface area contributed by atoms with Gasteiger partial charge in [0, 0.05) is 41.2 Å². The number of imidazole rings is 1. The van der Waals surface area contributed by atoms with Crippen LogP contribution in [0.15, 0.2) is 95.6 Å². The number of nitrogens with zero attached hydrogens (tertiary/aromatic N) is 3. The molecule has 1 atom stereocenters. The monoisotopic (exact) mass is 556 g/mol. The maximum Gasteiger partial charge on any atom is 0.219 e. The molecule has 0 saturated carbocycles. The minimum atomic E-state index is -0.422. The summed E-state index contributed by atoms with van der Waals surface area (Å²) in [5.41, 5.74) is 9.74. The molecule has 8 nitrogen and oxygen atoms in total. The number of carbonyl (C=O) groups is 1. The second kappa shape index (κ2) is 10.7. The van der Waals surface area contributed by atoms with Crippen LogP contribution < -0.4 is 21.1 Å². The van der Waals surface area contributed by atoms with Crippen LogP contribution >= 0.6 is 15.9 Å². The lowest BCUT2D eigenvalue weighted by Crippen LogP contribution is -2.21. The van der Waals surface area contributed by atoms with Crippen LogP contribution in [0.2, 0.25) is 0 Å². The van der Waals surface area contributed by atoms with Crippen LogP contribution in [0.25, 0.3) is 11.0 Å². The Labute approximate surface area is 222 Å². The Kier molecular flexibility index (Phi) is 7.04. The number of halogens is 1. The molecule has 5 aromatic rings. The van der Waals surface area contributed by atoms with Gasteiger partial charge in [0.15, 0.2) is 0 Å². The summed E-state index contributed by atoms with van der Waals surface area (Å²) in [4.78, 5) is 20.9. The van der Waals surface area contributed by atoms with Gasteiger partial charge in [0.1, 0.15) is 11.5 Å². The first-order chi connectivity index (χ1) is 17.9. The van der Waals surface area contributed by atoms with Crippen molar-refractivity contribution in [1.29, 1.82) is 0 Å². The van der Waals surface area contributed by atoms with Crippen molar-refractivity contribution in [2.75, 3.05) is 10.6 Å². The van der Waals surface area contributed by atoms with Gasteiger partial charge in [-0.1, -0.05) is 34.1 Å². The van der Waals surface area contributed by atoms with E-state index in [0.29, 0.717) is 17.2 Å². The molecule has 37 heavy (non-hydrogen) atoms. The van der Waals surface area contributed by atoms with Gasteiger partial charge in [0.05, 0.1) is 29.2 Å². The summed E-state index contributed by atoms with van der Waals surface area (Å²) in [6.45, 7) is 0. The third kappa shape index (κ3) is 5.90. The van der Waals surface area contributed by atoms with Crippen molar-refractivity contribution in [2.24, 2.45) is 12.8 Å². The molecule has 2 heterocycles. The number of primary amides is 1. The molecule has 0 aliphatic heterocycles. The van der Waals surface area contributed by atoms with Crippen molar-refractivity contribution in [2.45, 2.75) is 12.5 Å². The van der Waals surface area contributed by atoms with E-state index in [0.717, 1.165) is 32.8 Å². The van der Waals surface area contributed by atoms with Crippen molar-refractivity contribution in [1.82, 2.24) is 14.5 Å². The predicted molar refractivity (Wildman–Crippen MR) is 149 cm³/mol. The number of nitrogens with one attached hydrogen (secondary N) is 2. The van der Waals surface area contributed by atoms with E-state index in [4.69, 9.17) is 15.5 Å². The molecule has 186 valence electrons. The number of rotatable bonds is 9. The van der Waals surface area contributed by atoms with Crippen molar-refractivity contribution in [3.63, 3.8) is 0 Å². The van der Waals surface area contributed by atoms with Gasteiger partial charge in [-0.25, -0.2) is 4.98 Å². The standard InChI is InChI=1S/C28H25BrN6O2/c1-35-26-12-11-21(16-25(26)34-28(35)33-20-9-7-18(29)8-10-20)37-22-13-14-31-23(15-22)24(17-27(30)36)32-19-5-3-2-4-6-19/h2-16,24,32H,17H2,1H3,(H2,30,36)(H,33,34). The Morgan fingerprint density at radius 3 is 2.51 bits per heavy atom. The molecule has 3 aromatic carbocycles. The average molecular weight is 557 g/mol. The Morgan fingerprint density at radius 1 is 1.00 bits per heavy atom. The highest BCUT2D eigenvalue weighted by Gasteiger charge is 2.17. The molecule has 0 spiro atoms. The van der Waals surface area contributed by atoms with Crippen LogP contribution in [0.5, 0.6) is 11.5 Å². The highest BCUT2D eigenvalue weighted by Crippen LogP contribution is 2.30. The lowest BCUT2D eigenvalue weighted by atomic mass is 10.1. The summed E-state index contributed by atoms with van der Waals surface area (Å²) in [5, 5.41) is 6.68. The lowest BCUT2D eigenvalue weighted by molar-refractivity contribution is -0.118. The number of benzene rings is 3. The number of fused-ring (bicyclic) bond motifs is 1. The molecule has 0 aliphatic carbocycles. The van der Waals surface area contributed by atoms with E-state index < -0.39 is 11.9 Å². The van der Waals surface area contributed by atoms with Gasteiger partial charge < -0.3 is 25.7 Å². The largest absolute Gasteiger partial charge is 0.457 e. The van der Waals surface area contributed by atoms with Gasteiger partial charge in [-0.3, -0.25) is 9.78 Å². The third-order valence-electron chi connectivity index (χ3n) is 5.82. The number of aromatic nitrogens is 3. The zero-order valence-electron chi connectivity index (χ0n) is 20.1. The van der Waals surface area contributed by atoms with E-state index in [1.807, 2.05) is 90.5 Å². The molecular weight excluding hydrogens is 532 g/mol. The minimum absolute atomic E-state index is 0.0966. The summed E-state index contributed by atoms with van der Waals surface area (Å²) in [6.07, 6.45) is 1.75. The van der Waals surface area contributed by atoms with E-state index in [2.05, 4.69) is 31.5 Å². The highest BCUT2D eigenvalue weighted by atomic mass is 79.9. The van der Waals surface area contributed by atoms with Crippen LogP contribution in [0, 0.1) is 0 Å². The molecule has 2 aromatic heterocycles. The lowest BCUT2D eigenvalue weighted by Gasteiger charge is -2.19. The first kappa shape index (κ1) is 24.3. The Bertz CT molecular complexity index is 1540. The molecule has 5 rings (SSSR count). The normalized spacial score (nSPS) is 11.7. The number of ether oxygens (including phenoxy) is 1. The number of hydrogen-bond donors (Lipinski definition) is 3. The number of para-hydroxylation sites is 1. The second-order valence-electron chi connectivity index (χ2n) is 8.53. The molecular formula is C28H25BrN6O2. The van der Waals surface area contributed by atoms with Crippen LogP contribution in [0.1, 0.15) is 18.2 Å². The van der Waals surface area contributed by atoms with Gasteiger partial charge in [0.25, 0.3) is 0 Å². The third-order valence-corrected chi connectivity index (χ3v) is 6.35. The van der Waals surface area contributed by atoms with Gasteiger partial charge in [0.2, 0.25) is 11.9 Å². The summed E-state index contributed by atoms with van der Waals surface area (Å²) in [6, 6.07) is 26.5. The fourth-order valence-corrected chi connectivity index (χ4v) is 4.27. The van der Waals surface area contributed by atoms with Crippen molar-refractivity contribution < 1.29 is 9.53 Å². The number of amides is 1. The van der Waals surface area contributed by atoms with Gasteiger partial charge in [-0.15, -0.1) is 0 Å². The molecule has 0 fully saturated rings. The number of anilines is 3. The summed E-state index contributed by atoms with van der Waals surface area (Å²) in [5.74, 6) is 1.54. The SMILES string of the molecule is Cn1c(Nc2ccc(Br)cc2)nc2cc(Oc3ccnc(C(CC(N)=O)Nc4ccccc4)c3)ccc21. The zero-order chi connectivity index (χ0) is 25.8. The van der Waals surface area contributed by atoms with E-state index in [1.54, 1.807) is 12.3 Å². The number of hydrogen-bond acceptors (Lipinski definition) is 6. The molecule has 1 unspecified atom stereocenters. The number of carbonyl (C=O) groups excluding carboxylic acids is 1. The number of pyridine rings is 1. The minimum Gasteiger partial charge on any atom is -0.457 e. The first-order valence-electron chi connectivity index (χ1n) is 11.7. The Hall–Kier alpha value is -4.37. The average Bonchev–Trinajstić information content (AvgIpc) is 3.20. The van der Waals surface area contributed by atoms with Gasteiger partial charge in [-0.05, 0) is 54.6 Å². The Balaban J connectivity index is 1.37. The van der Waals surface area contributed by atoms with Crippen molar-refractivity contribution in [3.05, 3.63) is 101 Å². The predicted octanol–water partition coefficient (Wildman–Crippen LogP) is 6.30. The molecule has 0 saturated heterocycles. The van der Waals surface area contributed by atoms with Crippen LogP contribution in [-0.4, -0.2) is 20.4 Å². The van der Waals surface area contributed by atoms with E-state index in [1.165, 1.54) is 0 Å². The molecule has 4 N–H and O–H groups in total. The zero-order valence-corrected chi connectivity index (χ0v) is 21.6. The van der Waals surface area contributed by atoms with Crippen molar-refractivity contribution >= 4 is 50.2 Å². The number of aryl methyl sites for hydroxylation is 1. The summed E-state index contributed by atoms with van der Waals surface area (Å²) >= 11 is 3.46. The smallest absolute Gasteiger partial charge is 0.219 e. The van der Waals surface area contributed by atoms with Gasteiger partial charge in [-0.2, -0.15) is 0 Å². The topological polar surface area (TPSA) is 107 Å². The summed E-state index contributed by atoms with van der Waals surface area (Å²) < 4.78 is 9.16. The highest BCUT2D eigenvalue weighted by molar-refractivity contribution is 9.10. The quantitative estimate of drug-likeness (QED) is 0.197. The molecule has 9 heteroatoms. The molecule has 0 aliphatic rings. The summed E-state index contributed by atoms with van der Waals surface area (Å²) in [7, 11) is 1.96. The van der Waals surface area contributed by atoms with E-state index in [9.17, 15) is 4.79 Å². The fraction of sp³-hybridized carbons (Fsp3) is 0.107. The van der Waals surface area contributed by atoms with Crippen molar-refractivity contribution in [3.8, 4) is 11.5 Å².